The van der Waals surface area contributed by atoms with Crippen molar-refractivity contribution in [1.29, 1.82) is 0 Å². The van der Waals surface area contributed by atoms with Gasteiger partial charge in [-0.15, -0.1) is 0 Å². The fourth-order valence-corrected chi connectivity index (χ4v) is 1.91. The average molecular weight is 337 g/mol. The molecule has 19 heavy (non-hydrogen) atoms. The van der Waals surface area contributed by atoms with Crippen LogP contribution in [0.15, 0.2) is 27.7 Å². The molecular formula is C11H8BrF3N2O2. The van der Waals surface area contributed by atoms with Gasteiger partial charge in [0.05, 0.1) is 11.8 Å². The standard InChI is InChI=1S/C11H8BrF3N2O2/c1-5(11(13,14)15)19-8-3-6(12)2-7-9(8)10(18)17-4-16-7/h2-5H,1H3,(H,16,17,18)/t5-/m0/s1. The molecule has 1 atom stereocenters. The molecule has 2 aromatic rings. The molecule has 0 amide bonds. The molecule has 1 aromatic heterocycles. The van der Waals surface area contributed by atoms with Gasteiger partial charge in [0.2, 0.25) is 0 Å². The van der Waals surface area contributed by atoms with Gasteiger partial charge >= 0.3 is 6.18 Å². The molecule has 0 spiro atoms. The van der Waals surface area contributed by atoms with Gasteiger partial charge in [-0.3, -0.25) is 4.79 Å². The fraction of sp³-hybridized carbons (Fsp3) is 0.273. The summed E-state index contributed by atoms with van der Waals surface area (Å²) < 4.78 is 42.8. The van der Waals surface area contributed by atoms with Crippen LogP contribution in [0.5, 0.6) is 5.75 Å². The Morgan fingerprint density at radius 1 is 1.42 bits per heavy atom. The van der Waals surface area contributed by atoms with Crippen molar-refractivity contribution in [2.24, 2.45) is 0 Å². The van der Waals surface area contributed by atoms with Gasteiger partial charge in [-0.25, -0.2) is 4.98 Å². The van der Waals surface area contributed by atoms with Crippen molar-refractivity contribution in [2.75, 3.05) is 0 Å². The number of aromatic nitrogens is 2. The van der Waals surface area contributed by atoms with Crippen LogP contribution in [-0.4, -0.2) is 22.2 Å². The molecule has 1 N–H and O–H groups in total. The number of hydrogen-bond donors (Lipinski definition) is 1. The number of benzene rings is 1. The molecule has 1 heterocycles. The molecule has 0 fully saturated rings. The Kier molecular flexibility index (Phi) is 3.53. The maximum atomic E-state index is 12.5. The highest BCUT2D eigenvalue weighted by Crippen LogP contribution is 2.30. The van der Waals surface area contributed by atoms with Crippen LogP contribution in [0, 0.1) is 0 Å². The highest BCUT2D eigenvalue weighted by atomic mass is 79.9. The van der Waals surface area contributed by atoms with Crippen LogP contribution in [0.4, 0.5) is 13.2 Å². The maximum absolute atomic E-state index is 12.5. The van der Waals surface area contributed by atoms with Crippen LogP contribution in [0.2, 0.25) is 0 Å². The fourth-order valence-electron chi connectivity index (χ4n) is 1.48. The minimum atomic E-state index is -4.51. The quantitative estimate of drug-likeness (QED) is 0.917. The van der Waals surface area contributed by atoms with Gasteiger partial charge in [0.1, 0.15) is 11.1 Å². The number of nitrogens with one attached hydrogen (secondary N) is 1. The molecule has 2 rings (SSSR count). The summed E-state index contributed by atoms with van der Waals surface area (Å²) >= 11 is 3.13. The number of nitrogens with zero attached hydrogens (tertiary/aromatic N) is 1. The summed E-state index contributed by atoms with van der Waals surface area (Å²) in [4.78, 5) is 17.9. The minimum Gasteiger partial charge on any atom is -0.480 e. The Hall–Kier alpha value is -1.57. The number of alkyl halides is 3. The Morgan fingerprint density at radius 2 is 2.11 bits per heavy atom. The number of halogens is 4. The molecular weight excluding hydrogens is 329 g/mol. The Morgan fingerprint density at radius 3 is 2.74 bits per heavy atom. The minimum absolute atomic E-state index is 0.0122. The molecule has 0 saturated carbocycles. The maximum Gasteiger partial charge on any atom is 0.425 e. The predicted octanol–water partition coefficient (Wildman–Crippen LogP) is 3.02. The SMILES string of the molecule is C[C@H](Oc1cc(Br)cc2nc[nH]c(=O)c12)C(F)(F)F. The first-order chi connectivity index (χ1) is 8.79. The van der Waals surface area contributed by atoms with Gasteiger partial charge < -0.3 is 9.72 Å². The van der Waals surface area contributed by atoms with E-state index in [0.29, 0.717) is 4.47 Å². The summed E-state index contributed by atoms with van der Waals surface area (Å²) in [6, 6.07) is 2.83. The van der Waals surface area contributed by atoms with Crippen molar-refractivity contribution < 1.29 is 17.9 Å². The largest absolute Gasteiger partial charge is 0.480 e. The highest BCUT2D eigenvalue weighted by Gasteiger charge is 2.38. The van der Waals surface area contributed by atoms with Gasteiger partial charge in [0.15, 0.2) is 6.10 Å². The monoisotopic (exact) mass is 336 g/mol. The van der Waals surface area contributed by atoms with E-state index in [1.165, 1.54) is 18.5 Å². The number of H-pyrrole nitrogens is 1. The zero-order valence-corrected chi connectivity index (χ0v) is 11.2. The first kappa shape index (κ1) is 13.9. The summed E-state index contributed by atoms with van der Waals surface area (Å²) in [6.45, 7) is 0.872. The molecule has 4 nitrogen and oxygen atoms in total. The van der Waals surface area contributed by atoms with E-state index in [0.717, 1.165) is 6.92 Å². The van der Waals surface area contributed by atoms with Crippen molar-refractivity contribution in [3.05, 3.63) is 33.3 Å². The van der Waals surface area contributed by atoms with E-state index in [4.69, 9.17) is 4.74 Å². The predicted molar refractivity (Wildman–Crippen MR) is 66.2 cm³/mol. The van der Waals surface area contributed by atoms with Crippen molar-refractivity contribution in [1.82, 2.24) is 9.97 Å². The van der Waals surface area contributed by atoms with Crippen LogP contribution in [-0.2, 0) is 0 Å². The molecule has 0 aliphatic rings. The zero-order valence-electron chi connectivity index (χ0n) is 9.58. The second-order valence-electron chi connectivity index (χ2n) is 3.83. The van der Waals surface area contributed by atoms with Crippen LogP contribution >= 0.6 is 15.9 Å². The number of rotatable bonds is 2. The van der Waals surface area contributed by atoms with Crippen LogP contribution in [0.3, 0.4) is 0 Å². The van der Waals surface area contributed by atoms with E-state index in [1.54, 1.807) is 0 Å². The zero-order chi connectivity index (χ0) is 14.2. The Labute approximate surface area is 113 Å². The number of aromatic amines is 1. The average Bonchev–Trinajstić information content (AvgIpc) is 2.26. The van der Waals surface area contributed by atoms with Crippen molar-refractivity contribution in [3.8, 4) is 5.75 Å². The number of fused-ring (bicyclic) bond motifs is 1. The number of hydrogen-bond acceptors (Lipinski definition) is 3. The topological polar surface area (TPSA) is 55.0 Å². The third-order valence-electron chi connectivity index (χ3n) is 2.44. The van der Waals surface area contributed by atoms with Crippen LogP contribution < -0.4 is 10.3 Å². The van der Waals surface area contributed by atoms with E-state index in [9.17, 15) is 18.0 Å². The molecule has 0 aliphatic heterocycles. The second-order valence-corrected chi connectivity index (χ2v) is 4.75. The summed E-state index contributed by atoms with van der Waals surface area (Å²) in [5, 5.41) is -0.0122. The number of ether oxygens (including phenoxy) is 1. The van der Waals surface area contributed by atoms with Gasteiger partial charge in [0, 0.05) is 4.47 Å². The van der Waals surface area contributed by atoms with E-state index < -0.39 is 17.8 Å². The van der Waals surface area contributed by atoms with E-state index in [-0.39, 0.29) is 16.7 Å². The van der Waals surface area contributed by atoms with Crippen molar-refractivity contribution in [3.63, 3.8) is 0 Å². The normalized spacial score (nSPS) is 13.5. The summed E-state index contributed by atoms with van der Waals surface area (Å²) in [5.41, 5.74) is -0.302. The molecule has 102 valence electrons. The van der Waals surface area contributed by atoms with E-state index in [1.807, 2.05) is 0 Å². The molecule has 0 unspecified atom stereocenters. The lowest BCUT2D eigenvalue weighted by atomic mass is 10.2. The van der Waals surface area contributed by atoms with Crippen LogP contribution in [0.25, 0.3) is 10.9 Å². The lowest BCUT2D eigenvalue weighted by Gasteiger charge is -2.18. The molecule has 0 aliphatic carbocycles. The van der Waals surface area contributed by atoms with Gasteiger partial charge in [-0.05, 0) is 19.1 Å². The highest BCUT2D eigenvalue weighted by molar-refractivity contribution is 9.10. The molecule has 0 bridgehead atoms. The molecule has 8 heteroatoms. The summed E-state index contributed by atoms with van der Waals surface area (Å²) in [6.07, 6.45) is -5.36. The lowest BCUT2D eigenvalue weighted by molar-refractivity contribution is -0.189. The molecule has 1 aromatic carbocycles. The van der Waals surface area contributed by atoms with Crippen LogP contribution in [0.1, 0.15) is 6.92 Å². The Balaban J connectivity index is 2.57. The van der Waals surface area contributed by atoms with Gasteiger partial charge in [0.25, 0.3) is 5.56 Å². The third-order valence-corrected chi connectivity index (χ3v) is 2.90. The van der Waals surface area contributed by atoms with E-state index in [2.05, 4.69) is 25.9 Å². The van der Waals surface area contributed by atoms with Crippen molar-refractivity contribution >= 4 is 26.8 Å². The second kappa shape index (κ2) is 4.84. The van der Waals surface area contributed by atoms with E-state index >= 15 is 0 Å². The van der Waals surface area contributed by atoms with Crippen molar-refractivity contribution in [2.45, 2.75) is 19.2 Å². The smallest absolute Gasteiger partial charge is 0.425 e. The lowest BCUT2D eigenvalue weighted by Crippen LogP contribution is -2.31. The third kappa shape index (κ3) is 2.89. The molecule has 0 saturated heterocycles. The van der Waals surface area contributed by atoms with Gasteiger partial charge in [-0.1, -0.05) is 15.9 Å². The Bertz CT molecular complexity index is 669. The first-order valence-corrected chi connectivity index (χ1v) is 5.98. The first-order valence-electron chi connectivity index (χ1n) is 5.19. The van der Waals surface area contributed by atoms with Gasteiger partial charge in [-0.2, -0.15) is 13.2 Å². The summed E-state index contributed by atoms with van der Waals surface area (Å²) in [7, 11) is 0. The summed E-state index contributed by atoms with van der Waals surface area (Å²) in [5.74, 6) is -0.163. The molecule has 0 radical (unpaired) electrons.